The van der Waals surface area contributed by atoms with Gasteiger partial charge in [-0.2, -0.15) is 5.10 Å². The minimum absolute atomic E-state index is 0.0869. The highest BCUT2D eigenvalue weighted by molar-refractivity contribution is 5.08. The Bertz CT molecular complexity index is 276. The van der Waals surface area contributed by atoms with E-state index in [0.29, 0.717) is 0 Å². The first-order chi connectivity index (χ1) is 6.57. The molecule has 1 rings (SSSR count). The summed E-state index contributed by atoms with van der Waals surface area (Å²) in [6.45, 7) is 7.29. The number of aromatic nitrogens is 2. The largest absolute Gasteiger partial charge is 0.325 e. The maximum Gasteiger partial charge on any atom is 0.0522 e. The van der Waals surface area contributed by atoms with Crippen molar-refractivity contribution in [2.75, 3.05) is 0 Å². The van der Waals surface area contributed by atoms with Crippen LogP contribution in [0.4, 0.5) is 0 Å². The Labute approximate surface area is 86.3 Å². The lowest BCUT2D eigenvalue weighted by atomic mass is 9.91. The molecule has 0 spiro atoms. The lowest BCUT2D eigenvalue weighted by Crippen LogP contribution is -2.38. The zero-order valence-electron chi connectivity index (χ0n) is 9.45. The van der Waals surface area contributed by atoms with Gasteiger partial charge in [0.15, 0.2) is 0 Å². The average molecular weight is 195 g/mol. The summed E-state index contributed by atoms with van der Waals surface area (Å²) in [5.74, 6) is 0. The molecule has 0 aliphatic carbocycles. The summed E-state index contributed by atoms with van der Waals surface area (Å²) in [4.78, 5) is 0. The van der Waals surface area contributed by atoms with Crippen molar-refractivity contribution in [3.63, 3.8) is 0 Å². The van der Waals surface area contributed by atoms with Crippen molar-refractivity contribution >= 4 is 0 Å². The standard InChI is InChI=1S/C11H21N3/c1-4-6-11(3,12)7-10-8-13-14(5-2)9-10/h8-9H,4-7,12H2,1-3H3. The minimum Gasteiger partial charge on any atom is -0.325 e. The lowest BCUT2D eigenvalue weighted by Gasteiger charge is -2.22. The van der Waals surface area contributed by atoms with Gasteiger partial charge in [-0.1, -0.05) is 13.3 Å². The van der Waals surface area contributed by atoms with Crippen molar-refractivity contribution in [1.82, 2.24) is 9.78 Å². The summed E-state index contributed by atoms with van der Waals surface area (Å²) in [5.41, 5.74) is 7.33. The summed E-state index contributed by atoms with van der Waals surface area (Å²) < 4.78 is 1.94. The van der Waals surface area contributed by atoms with Crippen molar-refractivity contribution < 1.29 is 0 Å². The normalized spacial score (nSPS) is 15.4. The van der Waals surface area contributed by atoms with Crippen LogP contribution in [0.15, 0.2) is 12.4 Å². The predicted molar refractivity (Wildman–Crippen MR) is 59.1 cm³/mol. The van der Waals surface area contributed by atoms with E-state index in [9.17, 15) is 0 Å². The Kier molecular flexibility index (Phi) is 3.69. The van der Waals surface area contributed by atoms with Gasteiger partial charge in [-0.15, -0.1) is 0 Å². The van der Waals surface area contributed by atoms with Gasteiger partial charge in [0.2, 0.25) is 0 Å². The molecule has 0 radical (unpaired) electrons. The van der Waals surface area contributed by atoms with E-state index in [1.165, 1.54) is 5.56 Å². The van der Waals surface area contributed by atoms with Gasteiger partial charge in [-0.3, -0.25) is 4.68 Å². The van der Waals surface area contributed by atoms with Crippen LogP contribution in [-0.4, -0.2) is 15.3 Å². The molecule has 0 amide bonds. The van der Waals surface area contributed by atoms with Crippen molar-refractivity contribution in [2.24, 2.45) is 5.73 Å². The van der Waals surface area contributed by atoms with Crippen LogP contribution < -0.4 is 5.73 Å². The van der Waals surface area contributed by atoms with E-state index in [0.717, 1.165) is 25.8 Å². The third-order valence-corrected chi connectivity index (χ3v) is 2.44. The van der Waals surface area contributed by atoms with E-state index in [1.807, 2.05) is 10.9 Å². The molecule has 80 valence electrons. The first kappa shape index (κ1) is 11.2. The van der Waals surface area contributed by atoms with Crippen LogP contribution >= 0.6 is 0 Å². The average Bonchev–Trinajstić information content (AvgIpc) is 2.51. The zero-order chi connectivity index (χ0) is 10.6. The molecule has 0 aromatic carbocycles. The summed E-state index contributed by atoms with van der Waals surface area (Å²) >= 11 is 0. The van der Waals surface area contributed by atoms with Crippen LogP contribution in [0, 0.1) is 0 Å². The zero-order valence-corrected chi connectivity index (χ0v) is 9.45. The van der Waals surface area contributed by atoms with Crippen molar-refractivity contribution in [2.45, 2.75) is 52.1 Å². The van der Waals surface area contributed by atoms with Crippen LogP contribution in [0.25, 0.3) is 0 Å². The Morgan fingerprint density at radius 1 is 1.50 bits per heavy atom. The van der Waals surface area contributed by atoms with Gasteiger partial charge >= 0.3 is 0 Å². The SMILES string of the molecule is CCCC(C)(N)Cc1cnn(CC)c1. The molecule has 3 nitrogen and oxygen atoms in total. The summed E-state index contributed by atoms with van der Waals surface area (Å²) in [5, 5.41) is 4.24. The molecule has 1 unspecified atom stereocenters. The summed E-state index contributed by atoms with van der Waals surface area (Å²) in [6, 6.07) is 0. The lowest BCUT2D eigenvalue weighted by molar-refractivity contribution is 0.424. The third-order valence-electron chi connectivity index (χ3n) is 2.44. The van der Waals surface area contributed by atoms with E-state index >= 15 is 0 Å². The predicted octanol–water partition coefficient (Wildman–Crippen LogP) is 1.96. The van der Waals surface area contributed by atoms with E-state index in [-0.39, 0.29) is 5.54 Å². The number of nitrogens with two attached hydrogens (primary N) is 1. The number of nitrogens with zero attached hydrogens (tertiary/aromatic N) is 2. The molecule has 3 heteroatoms. The molecule has 1 aromatic heterocycles. The quantitative estimate of drug-likeness (QED) is 0.780. The van der Waals surface area contributed by atoms with Gasteiger partial charge in [-0.05, 0) is 32.3 Å². The molecule has 1 heterocycles. The Morgan fingerprint density at radius 3 is 2.71 bits per heavy atom. The maximum absolute atomic E-state index is 6.17. The Balaban J connectivity index is 2.58. The van der Waals surface area contributed by atoms with Crippen molar-refractivity contribution in [3.05, 3.63) is 18.0 Å². The van der Waals surface area contributed by atoms with Gasteiger partial charge in [0.05, 0.1) is 6.20 Å². The highest BCUT2D eigenvalue weighted by atomic mass is 15.3. The van der Waals surface area contributed by atoms with Crippen molar-refractivity contribution in [1.29, 1.82) is 0 Å². The second kappa shape index (κ2) is 4.60. The van der Waals surface area contributed by atoms with Gasteiger partial charge in [-0.25, -0.2) is 0 Å². The first-order valence-corrected chi connectivity index (χ1v) is 5.37. The van der Waals surface area contributed by atoms with Crippen LogP contribution in [0.2, 0.25) is 0 Å². The highest BCUT2D eigenvalue weighted by Crippen LogP contribution is 2.15. The number of rotatable bonds is 5. The van der Waals surface area contributed by atoms with Gasteiger partial charge in [0.25, 0.3) is 0 Å². The Morgan fingerprint density at radius 2 is 2.21 bits per heavy atom. The second-order valence-corrected chi connectivity index (χ2v) is 4.29. The topological polar surface area (TPSA) is 43.8 Å². The Hall–Kier alpha value is -0.830. The summed E-state index contributed by atoms with van der Waals surface area (Å²) in [6.07, 6.45) is 7.12. The number of aryl methyl sites for hydroxylation is 1. The second-order valence-electron chi connectivity index (χ2n) is 4.29. The fraction of sp³-hybridized carbons (Fsp3) is 0.727. The maximum atomic E-state index is 6.17. The van der Waals surface area contributed by atoms with Crippen LogP contribution in [0.5, 0.6) is 0 Å². The third kappa shape index (κ3) is 3.14. The van der Waals surface area contributed by atoms with Gasteiger partial charge in [0.1, 0.15) is 0 Å². The number of hydrogen-bond acceptors (Lipinski definition) is 2. The monoisotopic (exact) mass is 195 g/mol. The molecule has 1 aromatic rings. The molecule has 0 fully saturated rings. The summed E-state index contributed by atoms with van der Waals surface area (Å²) in [7, 11) is 0. The smallest absolute Gasteiger partial charge is 0.0522 e. The fourth-order valence-corrected chi connectivity index (χ4v) is 1.80. The molecule has 0 aliphatic heterocycles. The van der Waals surface area contributed by atoms with E-state index in [1.54, 1.807) is 0 Å². The highest BCUT2D eigenvalue weighted by Gasteiger charge is 2.18. The molecule has 1 atom stereocenters. The molecule has 0 saturated carbocycles. The van der Waals surface area contributed by atoms with Crippen LogP contribution in [0.1, 0.15) is 39.2 Å². The first-order valence-electron chi connectivity index (χ1n) is 5.37. The van der Waals surface area contributed by atoms with E-state index in [4.69, 9.17) is 5.73 Å². The minimum atomic E-state index is -0.0869. The molecular formula is C11H21N3. The van der Waals surface area contributed by atoms with Crippen LogP contribution in [0.3, 0.4) is 0 Å². The van der Waals surface area contributed by atoms with Gasteiger partial charge in [0, 0.05) is 18.3 Å². The molecule has 2 N–H and O–H groups in total. The van der Waals surface area contributed by atoms with Crippen molar-refractivity contribution in [3.8, 4) is 0 Å². The number of hydrogen-bond donors (Lipinski definition) is 1. The fourth-order valence-electron chi connectivity index (χ4n) is 1.80. The van der Waals surface area contributed by atoms with E-state index < -0.39 is 0 Å². The molecule has 0 aliphatic rings. The van der Waals surface area contributed by atoms with E-state index in [2.05, 4.69) is 32.1 Å². The molecular weight excluding hydrogens is 174 g/mol. The molecule has 0 saturated heterocycles. The molecule has 14 heavy (non-hydrogen) atoms. The van der Waals surface area contributed by atoms with Crippen LogP contribution in [-0.2, 0) is 13.0 Å². The van der Waals surface area contributed by atoms with Gasteiger partial charge < -0.3 is 5.73 Å². The molecule has 0 bridgehead atoms.